The van der Waals surface area contributed by atoms with Crippen LogP contribution >= 0.6 is 0 Å². The summed E-state index contributed by atoms with van der Waals surface area (Å²) in [7, 11) is 1.65. The van der Waals surface area contributed by atoms with E-state index in [-0.39, 0.29) is 18.3 Å². The Labute approximate surface area is 269 Å². The summed E-state index contributed by atoms with van der Waals surface area (Å²) in [6.45, 7) is 4.78. The second kappa shape index (κ2) is 17.6. The first-order valence-electron chi connectivity index (χ1n) is 13.7. The number of methoxy groups -OCH3 is 1. The molecule has 1 fully saturated rings. The van der Waals surface area contributed by atoms with Crippen molar-refractivity contribution in [3.8, 4) is 22.9 Å². The summed E-state index contributed by atoms with van der Waals surface area (Å²) in [6.07, 6.45) is -10.2. The highest BCUT2D eigenvalue weighted by Gasteiger charge is 2.38. The van der Waals surface area contributed by atoms with Gasteiger partial charge in [0, 0.05) is 56.0 Å². The van der Waals surface area contributed by atoms with Crippen molar-refractivity contribution in [1.29, 1.82) is 5.26 Å². The van der Waals surface area contributed by atoms with Crippen molar-refractivity contribution in [3.63, 3.8) is 0 Å². The minimum Gasteiger partial charge on any atom is -0.496 e. The largest absolute Gasteiger partial charge is 0.496 e. The number of ether oxygens (including phenoxy) is 1. The molecule has 48 heavy (non-hydrogen) atoms. The molecule has 1 aliphatic rings. The van der Waals surface area contributed by atoms with Gasteiger partial charge in [0.1, 0.15) is 11.6 Å². The Hall–Kier alpha value is -5.21. The van der Waals surface area contributed by atoms with Crippen molar-refractivity contribution >= 4 is 17.8 Å². The van der Waals surface area contributed by atoms with E-state index in [1.165, 1.54) is 6.07 Å². The van der Waals surface area contributed by atoms with E-state index in [1.54, 1.807) is 43.5 Å². The van der Waals surface area contributed by atoms with Gasteiger partial charge >= 0.3 is 24.3 Å². The smallest absolute Gasteiger partial charge is 0.490 e. The Morgan fingerprint density at radius 3 is 2.08 bits per heavy atom. The number of amides is 1. The van der Waals surface area contributed by atoms with E-state index >= 15 is 0 Å². The maximum Gasteiger partial charge on any atom is 0.490 e. The minimum atomic E-state index is -5.08. The number of carbonyl (C=O) groups excluding carboxylic acids is 1. The van der Waals surface area contributed by atoms with Crippen LogP contribution in [0.1, 0.15) is 27.0 Å². The highest BCUT2D eigenvalue weighted by atomic mass is 19.4. The van der Waals surface area contributed by atoms with Gasteiger partial charge in [-0.05, 0) is 53.6 Å². The zero-order valence-corrected chi connectivity index (χ0v) is 25.1. The SMILES string of the molecule is COc1ccc(-c2cc(CNC(=O)c3cccc(C#N)c3)ccc2F)cc1CN1CCNCC1.O=C(O)C(F)(F)F.O=C(O)C(F)(F)F. The summed E-state index contributed by atoms with van der Waals surface area (Å²) >= 11 is 0. The Balaban J connectivity index is 0.000000479. The molecule has 3 aromatic rings. The number of alkyl halides is 6. The Morgan fingerprint density at radius 2 is 1.54 bits per heavy atom. The predicted molar refractivity (Wildman–Crippen MR) is 156 cm³/mol. The molecule has 1 aliphatic heterocycles. The molecule has 0 unspecified atom stereocenters. The number of rotatable bonds is 7. The topological polar surface area (TPSA) is 152 Å². The monoisotopic (exact) mass is 686 g/mol. The number of carbonyl (C=O) groups is 3. The highest BCUT2D eigenvalue weighted by Crippen LogP contribution is 2.30. The zero-order chi connectivity index (χ0) is 36.1. The molecule has 0 spiro atoms. The lowest BCUT2D eigenvalue weighted by Gasteiger charge is -2.28. The lowest BCUT2D eigenvalue weighted by molar-refractivity contribution is -0.193. The molecule has 0 atom stereocenters. The maximum absolute atomic E-state index is 14.8. The second-order valence-electron chi connectivity index (χ2n) is 9.85. The third-order valence-corrected chi connectivity index (χ3v) is 6.42. The number of carboxylic acids is 2. The van der Waals surface area contributed by atoms with Crippen LogP contribution in [-0.2, 0) is 22.7 Å². The van der Waals surface area contributed by atoms with Gasteiger partial charge in [-0.3, -0.25) is 9.69 Å². The number of halogens is 7. The van der Waals surface area contributed by atoms with Crippen LogP contribution in [0.15, 0.2) is 60.7 Å². The number of benzene rings is 3. The van der Waals surface area contributed by atoms with Gasteiger partial charge in [0.25, 0.3) is 5.91 Å². The maximum atomic E-state index is 14.8. The van der Waals surface area contributed by atoms with E-state index in [1.807, 2.05) is 24.3 Å². The van der Waals surface area contributed by atoms with Gasteiger partial charge in [-0.1, -0.05) is 18.2 Å². The number of nitrogens with one attached hydrogen (secondary N) is 2. The van der Waals surface area contributed by atoms with E-state index in [9.17, 15) is 35.5 Å². The van der Waals surface area contributed by atoms with E-state index in [0.29, 0.717) is 16.7 Å². The fraction of sp³-hybridized carbons (Fsp3) is 0.290. The zero-order valence-electron chi connectivity index (χ0n) is 25.1. The van der Waals surface area contributed by atoms with Crippen molar-refractivity contribution in [1.82, 2.24) is 15.5 Å². The molecule has 258 valence electrons. The molecule has 0 radical (unpaired) electrons. The fourth-order valence-corrected chi connectivity index (χ4v) is 4.10. The normalized spacial score (nSPS) is 13.1. The molecule has 0 bridgehead atoms. The van der Waals surface area contributed by atoms with Crippen LogP contribution < -0.4 is 15.4 Å². The van der Waals surface area contributed by atoms with Crippen molar-refractivity contribution in [2.45, 2.75) is 25.4 Å². The quantitative estimate of drug-likeness (QED) is 0.253. The molecular formula is C31H29F7N4O6. The molecule has 0 saturated carbocycles. The summed E-state index contributed by atoms with van der Waals surface area (Å²) in [6, 6.07) is 19.1. The van der Waals surface area contributed by atoms with Gasteiger partial charge in [-0.15, -0.1) is 0 Å². The lowest BCUT2D eigenvalue weighted by Crippen LogP contribution is -2.42. The molecule has 1 heterocycles. The molecule has 10 nitrogen and oxygen atoms in total. The number of hydrogen-bond donors (Lipinski definition) is 4. The number of nitrogens with zero attached hydrogens (tertiary/aromatic N) is 2. The summed E-state index contributed by atoms with van der Waals surface area (Å²) in [5.41, 5.74) is 3.86. The summed E-state index contributed by atoms with van der Waals surface area (Å²) in [5, 5.41) is 29.5. The Kier molecular flexibility index (Phi) is 14.3. The van der Waals surface area contributed by atoms with Crippen LogP contribution in [0.25, 0.3) is 11.1 Å². The van der Waals surface area contributed by atoms with Gasteiger partial charge < -0.3 is 25.6 Å². The van der Waals surface area contributed by atoms with Gasteiger partial charge in [0.15, 0.2) is 0 Å². The van der Waals surface area contributed by atoms with E-state index in [4.69, 9.17) is 29.8 Å². The van der Waals surface area contributed by atoms with Crippen molar-refractivity contribution < 1.29 is 60.1 Å². The van der Waals surface area contributed by atoms with Crippen LogP contribution in [0.4, 0.5) is 30.7 Å². The lowest BCUT2D eigenvalue weighted by atomic mass is 9.99. The minimum absolute atomic E-state index is 0.243. The van der Waals surface area contributed by atoms with Crippen molar-refractivity contribution in [3.05, 3.63) is 88.7 Å². The van der Waals surface area contributed by atoms with Crippen molar-refractivity contribution in [2.24, 2.45) is 0 Å². The summed E-state index contributed by atoms with van der Waals surface area (Å²) in [4.78, 5) is 32.6. The first-order chi connectivity index (χ1) is 22.5. The van der Waals surface area contributed by atoms with Crippen LogP contribution in [-0.4, -0.2) is 78.6 Å². The molecule has 4 rings (SSSR count). The Morgan fingerprint density at radius 1 is 0.938 bits per heavy atom. The first kappa shape index (κ1) is 39.0. The van der Waals surface area contributed by atoms with E-state index in [2.05, 4.69) is 15.5 Å². The first-order valence-corrected chi connectivity index (χ1v) is 13.7. The number of nitriles is 1. The molecule has 3 aromatic carbocycles. The number of hydrogen-bond acceptors (Lipinski definition) is 7. The van der Waals surface area contributed by atoms with Crippen LogP contribution in [0, 0.1) is 17.1 Å². The Bertz CT molecular complexity index is 1590. The van der Waals surface area contributed by atoms with Crippen LogP contribution in [0.2, 0.25) is 0 Å². The number of aliphatic carboxylic acids is 2. The van der Waals surface area contributed by atoms with Gasteiger partial charge in [-0.2, -0.15) is 31.6 Å². The van der Waals surface area contributed by atoms with E-state index in [0.717, 1.165) is 55.2 Å². The third-order valence-electron chi connectivity index (χ3n) is 6.42. The molecule has 17 heteroatoms. The van der Waals surface area contributed by atoms with Gasteiger partial charge in [0.05, 0.1) is 18.7 Å². The molecule has 0 aromatic heterocycles. The van der Waals surface area contributed by atoms with Crippen LogP contribution in [0.5, 0.6) is 5.75 Å². The van der Waals surface area contributed by atoms with Gasteiger partial charge in [0.2, 0.25) is 0 Å². The standard InChI is InChI=1S/C27H27FN4O2.2C2HF3O2/c1-34-26-8-6-21(15-23(26)18-32-11-9-30-10-12-32)24-14-20(5-7-25(24)28)17-31-27(33)22-4-2-3-19(13-22)16-29;2*3-2(4,5)1(6)7/h2-8,13-15,30H,9-12,17-18H2,1H3,(H,31,33);2*(H,6,7). The van der Waals surface area contributed by atoms with Crippen LogP contribution in [0.3, 0.4) is 0 Å². The summed E-state index contributed by atoms with van der Waals surface area (Å²) in [5.74, 6) is -5.34. The highest BCUT2D eigenvalue weighted by molar-refractivity contribution is 5.94. The average Bonchev–Trinajstić information content (AvgIpc) is 3.04. The molecule has 1 amide bonds. The second-order valence-corrected chi connectivity index (χ2v) is 9.85. The van der Waals surface area contributed by atoms with Crippen molar-refractivity contribution in [2.75, 3.05) is 33.3 Å². The summed E-state index contributed by atoms with van der Waals surface area (Å²) < 4.78 is 83.8. The van der Waals surface area contributed by atoms with Gasteiger partial charge in [-0.25, -0.2) is 14.0 Å². The fourth-order valence-electron chi connectivity index (χ4n) is 4.10. The predicted octanol–water partition coefficient (Wildman–Crippen LogP) is 4.97. The molecule has 4 N–H and O–H groups in total. The average molecular weight is 687 g/mol. The third kappa shape index (κ3) is 12.5. The number of piperazine rings is 1. The molecular weight excluding hydrogens is 657 g/mol. The molecule has 1 saturated heterocycles. The number of carboxylic acid groups (broad SMARTS) is 2. The van der Waals surface area contributed by atoms with E-state index < -0.39 is 24.3 Å². The molecule has 0 aliphatic carbocycles.